The molecule has 172 valence electrons. The fraction of sp³-hybridized carbons (Fsp3) is 0.0357. The molecule has 2 aromatic carbocycles. The van der Waals surface area contributed by atoms with Crippen LogP contribution in [0.2, 0.25) is 0 Å². The third kappa shape index (κ3) is 4.17. The van der Waals surface area contributed by atoms with Crippen LogP contribution in [0.1, 0.15) is 11.3 Å². The second kappa shape index (κ2) is 8.81. The molecule has 3 N–H and O–H groups in total. The number of pyridine rings is 3. The van der Waals surface area contributed by atoms with Crippen LogP contribution in [0.3, 0.4) is 0 Å². The van der Waals surface area contributed by atoms with Gasteiger partial charge in [-0.3, -0.25) is 9.97 Å². The maximum Gasteiger partial charge on any atom is 0.178 e. The lowest BCUT2D eigenvalue weighted by Crippen LogP contribution is -1.94. The minimum atomic E-state index is 0.593. The van der Waals surface area contributed by atoms with E-state index in [0.29, 0.717) is 11.2 Å². The Morgan fingerprint density at radius 1 is 0.833 bits per heavy atom. The van der Waals surface area contributed by atoms with Gasteiger partial charge in [0.25, 0.3) is 0 Å². The number of nitriles is 1. The third-order valence-corrected chi connectivity index (χ3v) is 5.81. The fourth-order valence-corrected chi connectivity index (χ4v) is 4.12. The Balaban J connectivity index is 1.29. The van der Waals surface area contributed by atoms with Crippen molar-refractivity contribution in [1.29, 1.82) is 5.26 Å². The first-order valence-corrected chi connectivity index (χ1v) is 11.4. The Morgan fingerprint density at radius 2 is 1.72 bits per heavy atom. The molecule has 8 heteroatoms. The summed E-state index contributed by atoms with van der Waals surface area (Å²) in [6.07, 6.45) is 5.30. The molecule has 0 fully saturated rings. The van der Waals surface area contributed by atoms with Crippen LogP contribution in [0.4, 0.5) is 22.7 Å². The van der Waals surface area contributed by atoms with E-state index in [4.69, 9.17) is 0 Å². The van der Waals surface area contributed by atoms with Gasteiger partial charge in [-0.05, 0) is 61.5 Å². The van der Waals surface area contributed by atoms with Gasteiger partial charge < -0.3 is 15.6 Å². The van der Waals surface area contributed by atoms with Gasteiger partial charge in [0.05, 0.1) is 34.6 Å². The van der Waals surface area contributed by atoms with Gasteiger partial charge in [0.15, 0.2) is 5.65 Å². The van der Waals surface area contributed by atoms with E-state index in [0.717, 1.165) is 56.3 Å². The number of imidazole rings is 1. The van der Waals surface area contributed by atoms with Gasteiger partial charge in [-0.25, -0.2) is 9.97 Å². The molecule has 36 heavy (non-hydrogen) atoms. The van der Waals surface area contributed by atoms with Crippen LogP contribution in [0.15, 0.2) is 85.3 Å². The van der Waals surface area contributed by atoms with Gasteiger partial charge in [0.1, 0.15) is 5.82 Å². The Labute approximate surface area is 206 Å². The number of nitrogens with one attached hydrogen (secondary N) is 3. The summed E-state index contributed by atoms with van der Waals surface area (Å²) in [4.78, 5) is 21.2. The lowest BCUT2D eigenvalue weighted by molar-refractivity contribution is 1.20. The average molecular weight is 469 g/mol. The molecule has 0 bridgehead atoms. The normalized spacial score (nSPS) is 10.9. The smallest absolute Gasteiger partial charge is 0.178 e. The van der Waals surface area contributed by atoms with Crippen LogP contribution in [-0.2, 0) is 0 Å². The van der Waals surface area contributed by atoms with E-state index in [1.54, 1.807) is 24.7 Å². The minimum Gasteiger partial charge on any atom is -0.355 e. The summed E-state index contributed by atoms with van der Waals surface area (Å²) in [5.74, 6) is 0.726. The molecule has 0 radical (unpaired) electrons. The van der Waals surface area contributed by atoms with Gasteiger partial charge in [-0.2, -0.15) is 5.26 Å². The van der Waals surface area contributed by atoms with Gasteiger partial charge in [0.2, 0.25) is 0 Å². The molecule has 0 amide bonds. The third-order valence-electron chi connectivity index (χ3n) is 5.81. The van der Waals surface area contributed by atoms with Crippen LogP contribution >= 0.6 is 0 Å². The van der Waals surface area contributed by atoms with Crippen LogP contribution in [0.25, 0.3) is 33.5 Å². The SMILES string of the molecule is Cc1cc(Nc2cnc3nc(-c4cccc(Nc5ccnc6ccc(C#N)cc56)c4)[nH]c3c2)ccn1. The second-order valence-electron chi connectivity index (χ2n) is 8.40. The maximum absolute atomic E-state index is 9.29. The van der Waals surface area contributed by atoms with Crippen molar-refractivity contribution in [2.45, 2.75) is 6.92 Å². The number of fused-ring (bicyclic) bond motifs is 2. The summed E-state index contributed by atoms with van der Waals surface area (Å²) < 4.78 is 0. The summed E-state index contributed by atoms with van der Waals surface area (Å²) >= 11 is 0. The minimum absolute atomic E-state index is 0.593. The molecule has 6 aromatic rings. The molecule has 0 spiro atoms. The van der Waals surface area contributed by atoms with E-state index in [9.17, 15) is 5.26 Å². The fourth-order valence-electron chi connectivity index (χ4n) is 4.12. The topological polar surface area (TPSA) is 115 Å². The van der Waals surface area contributed by atoms with Crippen LogP contribution < -0.4 is 10.6 Å². The molecule has 4 heterocycles. The highest BCUT2D eigenvalue weighted by molar-refractivity contribution is 5.94. The van der Waals surface area contributed by atoms with Crippen LogP contribution in [-0.4, -0.2) is 24.9 Å². The first-order chi connectivity index (χ1) is 17.6. The quantitative estimate of drug-likeness (QED) is 0.274. The number of aromatic amines is 1. The number of nitrogens with zero attached hydrogens (tertiary/aromatic N) is 5. The Hall–Kier alpha value is -5.29. The van der Waals surface area contributed by atoms with Crippen molar-refractivity contribution in [3.8, 4) is 17.5 Å². The Morgan fingerprint density at radius 3 is 2.61 bits per heavy atom. The van der Waals surface area contributed by atoms with Crippen molar-refractivity contribution in [3.63, 3.8) is 0 Å². The number of aromatic nitrogens is 5. The van der Waals surface area contributed by atoms with Crippen molar-refractivity contribution >= 4 is 44.8 Å². The number of hydrogen-bond donors (Lipinski definition) is 3. The monoisotopic (exact) mass is 468 g/mol. The lowest BCUT2D eigenvalue weighted by Gasteiger charge is -2.10. The van der Waals surface area contributed by atoms with E-state index < -0.39 is 0 Å². The first-order valence-electron chi connectivity index (χ1n) is 11.4. The molecular formula is C28H20N8. The molecule has 0 saturated heterocycles. The number of hydrogen-bond acceptors (Lipinski definition) is 7. The molecular weight excluding hydrogens is 448 g/mol. The number of anilines is 4. The van der Waals surface area contributed by atoms with Gasteiger partial charge in [-0.15, -0.1) is 0 Å². The summed E-state index contributed by atoms with van der Waals surface area (Å²) in [7, 11) is 0. The molecule has 0 atom stereocenters. The standard InChI is InChI=1S/C28H20N8/c1-17-11-21(7-9-30-17)33-22-14-26-28(32-16-22)36-27(35-26)19-3-2-4-20(13-19)34-25-8-10-31-24-6-5-18(15-29)12-23(24)25/h2-14,16H,1H3,(H,30,33)(H,31,34)(H,32,35,36). The Kier molecular flexibility index (Phi) is 5.20. The van der Waals surface area contributed by atoms with Crippen molar-refractivity contribution in [3.05, 3.63) is 96.6 Å². The molecule has 6 rings (SSSR count). The van der Waals surface area contributed by atoms with E-state index in [1.165, 1.54) is 0 Å². The zero-order valence-corrected chi connectivity index (χ0v) is 19.3. The molecule has 0 aliphatic rings. The second-order valence-corrected chi connectivity index (χ2v) is 8.40. The zero-order chi connectivity index (χ0) is 24.5. The van der Waals surface area contributed by atoms with Gasteiger partial charge >= 0.3 is 0 Å². The molecule has 4 aromatic heterocycles. The summed E-state index contributed by atoms with van der Waals surface area (Å²) in [6.45, 7) is 1.96. The molecule has 8 nitrogen and oxygen atoms in total. The van der Waals surface area contributed by atoms with Crippen LogP contribution in [0, 0.1) is 18.3 Å². The van der Waals surface area contributed by atoms with Crippen molar-refractivity contribution in [2.75, 3.05) is 10.6 Å². The Bertz CT molecular complexity index is 1780. The zero-order valence-electron chi connectivity index (χ0n) is 19.3. The maximum atomic E-state index is 9.29. The van der Waals surface area contributed by atoms with E-state index in [2.05, 4.69) is 41.6 Å². The highest BCUT2D eigenvalue weighted by atomic mass is 15.0. The highest BCUT2D eigenvalue weighted by Crippen LogP contribution is 2.29. The summed E-state index contributed by atoms with van der Waals surface area (Å²) in [5, 5.41) is 17.0. The molecule has 0 aliphatic carbocycles. The number of rotatable bonds is 5. The first kappa shape index (κ1) is 21.3. The number of benzene rings is 2. The number of H-pyrrole nitrogens is 1. The molecule has 0 unspecified atom stereocenters. The lowest BCUT2D eigenvalue weighted by atomic mass is 10.1. The van der Waals surface area contributed by atoms with Gasteiger partial charge in [0, 0.05) is 46.1 Å². The average Bonchev–Trinajstić information content (AvgIpc) is 3.32. The van der Waals surface area contributed by atoms with E-state index in [-0.39, 0.29) is 0 Å². The van der Waals surface area contributed by atoms with E-state index >= 15 is 0 Å². The highest BCUT2D eigenvalue weighted by Gasteiger charge is 2.10. The number of aryl methyl sites for hydroxylation is 1. The molecule has 0 saturated carbocycles. The van der Waals surface area contributed by atoms with Crippen LogP contribution in [0.5, 0.6) is 0 Å². The van der Waals surface area contributed by atoms with Gasteiger partial charge in [-0.1, -0.05) is 12.1 Å². The largest absolute Gasteiger partial charge is 0.355 e. The van der Waals surface area contributed by atoms with Crippen molar-refractivity contribution < 1.29 is 0 Å². The predicted molar refractivity (Wildman–Crippen MR) is 141 cm³/mol. The van der Waals surface area contributed by atoms with Crippen molar-refractivity contribution in [1.82, 2.24) is 24.9 Å². The van der Waals surface area contributed by atoms with E-state index in [1.807, 2.05) is 67.6 Å². The summed E-state index contributed by atoms with van der Waals surface area (Å²) in [5.41, 5.74) is 8.35. The predicted octanol–water partition coefficient (Wildman–Crippen LogP) is 6.24. The molecule has 0 aliphatic heterocycles. The van der Waals surface area contributed by atoms with Crippen molar-refractivity contribution in [2.24, 2.45) is 0 Å². The summed E-state index contributed by atoms with van der Waals surface area (Å²) in [6, 6.07) is 23.4.